The third-order valence-corrected chi connectivity index (χ3v) is 2.67. The minimum atomic E-state index is -0.494. The van der Waals surface area contributed by atoms with Gasteiger partial charge in [0.05, 0.1) is 12.7 Å². The number of aryl methyl sites for hydroxylation is 2. The summed E-state index contributed by atoms with van der Waals surface area (Å²) in [7, 11) is 1.42. The normalized spacial score (nSPS) is 10.2. The number of methoxy groups -OCH3 is 1. The van der Waals surface area contributed by atoms with Gasteiger partial charge in [-0.1, -0.05) is 6.07 Å². The lowest BCUT2D eigenvalue weighted by atomic mass is 10.1. The summed E-state index contributed by atoms with van der Waals surface area (Å²) in [4.78, 5) is 20.4. The van der Waals surface area contributed by atoms with E-state index in [9.17, 15) is 9.90 Å². The molecule has 2 N–H and O–H groups in total. The lowest BCUT2D eigenvalue weighted by molar-refractivity contribution is 0.102. The molecule has 20 heavy (non-hydrogen) atoms. The molecule has 104 valence electrons. The minimum Gasteiger partial charge on any atom is -0.504 e. The van der Waals surface area contributed by atoms with Gasteiger partial charge in [0.2, 0.25) is 5.95 Å². The van der Waals surface area contributed by atoms with Crippen LogP contribution in [-0.2, 0) is 0 Å². The highest BCUT2D eigenvalue weighted by atomic mass is 16.5. The van der Waals surface area contributed by atoms with Crippen molar-refractivity contribution in [3.05, 3.63) is 41.2 Å². The number of phenols is 1. The van der Waals surface area contributed by atoms with E-state index in [2.05, 4.69) is 15.3 Å². The Balaban J connectivity index is 2.28. The predicted octanol–water partition coefficient (Wildman–Crippen LogP) is 2.06. The maximum Gasteiger partial charge on any atom is 0.261 e. The van der Waals surface area contributed by atoms with E-state index in [1.165, 1.54) is 13.2 Å². The summed E-state index contributed by atoms with van der Waals surface area (Å²) in [5, 5.41) is 12.5. The summed E-state index contributed by atoms with van der Waals surface area (Å²) in [6.45, 7) is 3.63. The molecule has 0 atom stereocenters. The molecule has 0 aliphatic heterocycles. The Labute approximate surface area is 116 Å². The fraction of sp³-hybridized carbons (Fsp3) is 0.214. The second-order valence-corrected chi connectivity index (χ2v) is 4.28. The van der Waals surface area contributed by atoms with E-state index in [1.54, 1.807) is 18.2 Å². The predicted molar refractivity (Wildman–Crippen MR) is 74.1 cm³/mol. The van der Waals surface area contributed by atoms with Crippen molar-refractivity contribution in [3.8, 4) is 11.5 Å². The largest absolute Gasteiger partial charge is 0.504 e. The van der Waals surface area contributed by atoms with E-state index in [0.29, 0.717) is 0 Å². The zero-order valence-electron chi connectivity index (χ0n) is 11.5. The summed E-state index contributed by atoms with van der Waals surface area (Å²) in [5.74, 6) is -0.267. The molecule has 0 spiro atoms. The molecule has 0 fully saturated rings. The smallest absolute Gasteiger partial charge is 0.261 e. The van der Waals surface area contributed by atoms with Crippen LogP contribution in [0.1, 0.15) is 21.7 Å². The van der Waals surface area contributed by atoms with Crippen molar-refractivity contribution in [2.75, 3.05) is 12.4 Å². The number of amides is 1. The number of nitrogens with zero attached hydrogens (tertiary/aromatic N) is 2. The van der Waals surface area contributed by atoms with Crippen LogP contribution < -0.4 is 10.1 Å². The lowest BCUT2D eigenvalue weighted by Gasteiger charge is -2.09. The number of para-hydroxylation sites is 1. The molecule has 2 aromatic rings. The van der Waals surface area contributed by atoms with Crippen LogP contribution in [0.4, 0.5) is 5.95 Å². The highest BCUT2D eigenvalue weighted by Crippen LogP contribution is 2.29. The average molecular weight is 273 g/mol. The quantitative estimate of drug-likeness (QED) is 0.894. The van der Waals surface area contributed by atoms with Crippen molar-refractivity contribution in [1.29, 1.82) is 0 Å². The fourth-order valence-corrected chi connectivity index (χ4v) is 1.82. The van der Waals surface area contributed by atoms with Crippen LogP contribution in [0.5, 0.6) is 11.5 Å². The Kier molecular flexibility index (Phi) is 3.84. The maximum atomic E-state index is 12.1. The number of aromatic nitrogens is 2. The zero-order chi connectivity index (χ0) is 14.7. The number of anilines is 1. The first kappa shape index (κ1) is 13.8. The van der Waals surface area contributed by atoms with Crippen LogP contribution in [0.2, 0.25) is 0 Å². The highest BCUT2D eigenvalue weighted by Gasteiger charge is 2.16. The van der Waals surface area contributed by atoms with Gasteiger partial charge in [-0.2, -0.15) is 0 Å². The van der Waals surface area contributed by atoms with Gasteiger partial charge in [0.1, 0.15) is 0 Å². The van der Waals surface area contributed by atoms with Gasteiger partial charge in [-0.25, -0.2) is 9.97 Å². The topological polar surface area (TPSA) is 84.3 Å². The fourth-order valence-electron chi connectivity index (χ4n) is 1.82. The first-order valence-electron chi connectivity index (χ1n) is 6.01. The minimum absolute atomic E-state index is 0.104. The zero-order valence-corrected chi connectivity index (χ0v) is 11.5. The molecule has 0 bridgehead atoms. The van der Waals surface area contributed by atoms with Gasteiger partial charge in [0, 0.05) is 11.4 Å². The standard InChI is InChI=1S/C14H15N3O3/c1-8-7-9(2)16-14(15-8)17-13(19)10-5-4-6-11(20-3)12(10)18/h4-7,18H,1-3H3,(H,15,16,17,19). The second kappa shape index (κ2) is 5.56. The highest BCUT2D eigenvalue weighted by molar-refractivity contribution is 6.05. The summed E-state index contributed by atoms with van der Waals surface area (Å²) >= 11 is 0. The molecule has 0 aliphatic carbocycles. The number of carbonyl (C=O) groups excluding carboxylic acids is 1. The van der Waals surface area contributed by atoms with E-state index in [4.69, 9.17) is 4.74 Å². The Hall–Kier alpha value is -2.63. The molecular weight excluding hydrogens is 258 g/mol. The summed E-state index contributed by atoms with van der Waals surface area (Å²) in [6, 6.07) is 6.49. The van der Waals surface area contributed by atoms with E-state index in [0.717, 1.165) is 11.4 Å². The van der Waals surface area contributed by atoms with Crippen LogP contribution in [0, 0.1) is 13.8 Å². The van der Waals surface area contributed by atoms with Crippen LogP contribution in [0.25, 0.3) is 0 Å². The van der Waals surface area contributed by atoms with Crippen molar-refractivity contribution in [3.63, 3.8) is 0 Å². The van der Waals surface area contributed by atoms with E-state index < -0.39 is 5.91 Å². The molecule has 0 saturated heterocycles. The Morgan fingerprint density at radius 1 is 1.25 bits per heavy atom. The number of aromatic hydroxyl groups is 1. The Bertz CT molecular complexity index is 636. The van der Waals surface area contributed by atoms with Gasteiger partial charge in [-0.15, -0.1) is 0 Å². The summed E-state index contributed by atoms with van der Waals surface area (Å²) < 4.78 is 4.96. The second-order valence-electron chi connectivity index (χ2n) is 4.28. The van der Waals surface area contributed by atoms with Crippen LogP contribution >= 0.6 is 0 Å². The molecule has 0 radical (unpaired) electrons. The summed E-state index contributed by atoms with van der Waals surface area (Å²) in [6.07, 6.45) is 0. The molecule has 1 aromatic heterocycles. The first-order valence-corrected chi connectivity index (χ1v) is 6.01. The third kappa shape index (κ3) is 2.85. The monoisotopic (exact) mass is 273 g/mol. The molecule has 1 heterocycles. The number of phenolic OH excluding ortho intramolecular Hbond substituents is 1. The van der Waals surface area contributed by atoms with Gasteiger partial charge in [0.25, 0.3) is 5.91 Å². The number of benzene rings is 1. The number of nitrogens with one attached hydrogen (secondary N) is 1. The molecule has 0 saturated carbocycles. The van der Waals surface area contributed by atoms with Crippen molar-refractivity contribution < 1.29 is 14.6 Å². The number of ether oxygens (including phenoxy) is 1. The van der Waals surface area contributed by atoms with Gasteiger partial charge in [0.15, 0.2) is 11.5 Å². The molecule has 2 rings (SSSR count). The van der Waals surface area contributed by atoms with Crippen molar-refractivity contribution in [1.82, 2.24) is 9.97 Å². The average Bonchev–Trinajstić information content (AvgIpc) is 2.37. The molecular formula is C14H15N3O3. The van der Waals surface area contributed by atoms with Crippen molar-refractivity contribution in [2.45, 2.75) is 13.8 Å². The van der Waals surface area contributed by atoms with Gasteiger partial charge < -0.3 is 9.84 Å². The summed E-state index contributed by atoms with van der Waals surface area (Å²) in [5.41, 5.74) is 1.61. The molecule has 0 aliphatic rings. The number of hydrogen-bond donors (Lipinski definition) is 2. The number of rotatable bonds is 3. The number of carbonyl (C=O) groups is 1. The molecule has 0 unspecified atom stereocenters. The third-order valence-electron chi connectivity index (χ3n) is 2.67. The Morgan fingerprint density at radius 2 is 1.90 bits per heavy atom. The molecule has 6 nitrogen and oxygen atoms in total. The lowest BCUT2D eigenvalue weighted by Crippen LogP contribution is -2.15. The molecule has 6 heteroatoms. The van der Waals surface area contributed by atoms with Gasteiger partial charge >= 0.3 is 0 Å². The van der Waals surface area contributed by atoms with Crippen LogP contribution in [-0.4, -0.2) is 28.1 Å². The van der Waals surface area contributed by atoms with E-state index >= 15 is 0 Å². The molecule has 1 aromatic carbocycles. The van der Waals surface area contributed by atoms with E-state index in [1.807, 2.05) is 13.8 Å². The maximum absolute atomic E-state index is 12.1. The SMILES string of the molecule is COc1cccc(C(=O)Nc2nc(C)cc(C)n2)c1O. The first-order chi connectivity index (χ1) is 9.51. The van der Waals surface area contributed by atoms with Crippen molar-refractivity contribution in [2.24, 2.45) is 0 Å². The number of hydrogen-bond acceptors (Lipinski definition) is 5. The molecule has 1 amide bonds. The van der Waals surface area contributed by atoms with Crippen LogP contribution in [0.3, 0.4) is 0 Å². The van der Waals surface area contributed by atoms with Crippen LogP contribution in [0.15, 0.2) is 24.3 Å². The van der Waals surface area contributed by atoms with Crippen molar-refractivity contribution >= 4 is 11.9 Å². The van der Waals surface area contributed by atoms with E-state index in [-0.39, 0.29) is 23.0 Å². The van der Waals surface area contributed by atoms with Gasteiger partial charge in [-0.05, 0) is 32.0 Å². The Morgan fingerprint density at radius 3 is 2.50 bits per heavy atom. The van der Waals surface area contributed by atoms with Gasteiger partial charge in [-0.3, -0.25) is 10.1 Å².